The van der Waals surface area contributed by atoms with Crippen LogP contribution in [-0.2, 0) is 0 Å². The summed E-state index contributed by atoms with van der Waals surface area (Å²) in [6, 6.07) is 24.4. The molecule has 0 aromatic heterocycles. The van der Waals surface area contributed by atoms with E-state index in [1.165, 1.54) is 0 Å². The molecule has 0 spiro atoms. The van der Waals surface area contributed by atoms with Gasteiger partial charge in [-0.2, -0.15) is 0 Å². The van der Waals surface area contributed by atoms with Gasteiger partial charge < -0.3 is 15.4 Å². The lowest BCUT2D eigenvalue weighted by molar-refractivity contribution is 0.0977. The molecule has 3 N–H and O–H groups in total. The van der Waals surface area contributed by atoms with Gasteiger partial charge in [0.05, 0.1) is 7.11 Å². The van der Waals surface area contributed by atoms with E-state index in [0.29, 0.717) is 11.3 Å². The molecule has 6 heteroatoms. The molecule has 0 aliphatic rings. The topological polar surface area (TPSA) is 62.4 Å². The van der Waals surface area contributed by atoms with E-state index in [1.54, 1.807) is 31.4 Å². The number of amides is 1. The number of methoxy groups -OCH3 is 1. The molecule has 0 heterocycles. The number of carbonyl (C=O) groups excluding carboxylic acids is 1. The molecule has 0 bridgehead atoms. The van der Waals surface area contributed by atoms with Crippen LogP contribution in [0.4, 0.5) is 17.1 Å². The Morgan fingerprint density at radius 3 is 2.04 bits per heavy atom. The molecule has 0 saturated carbocycles. The standard InChI is InChI=1S/C21H19N3O2S/c1-26-19-13-7-15(8-14-19)20(25)24-21(27)23-18-11-9-17(10-12-18)22-16-5-3-2-4-6-16/h2-14,22H,1H3,(H2,23,24,25,27). The van der Waals surface area contributed by atoms with E-state index < -0.39 is 0 Å². The number of hydrogen-bond acceptors (Lipinski definition) is 4. The molecule has 5 nitrogen and oxygen atoms in total. The van der Waals surface area contributed by atoms with E-state index in [-0.39, 0.29) is 11.0 Å². The molecule has 1 amide bonds. The molecule has 0 aliphatic carbocycles. The average molecular weight is 377 g/mol. The Morgan fingerprint density at radius 1 is 0.815 bits per heavy atom. The van der Waals surface area contributed by atoms with E-state index in [9.17, 15) is 4.79 Å². The Balaban J connectivity index is 1.54. The Labute approximate surface area is 163 Å². The zero-order valence-corrected chi connectivity index (χ0v) is 15.5. The predicted molar refractivity (Wildman–Crippen MR) is 113 cm³/mol. The second-order valence-corrected chi connectivity index (χ2v) is 6.11. The molecule has 0 saturated heterocycles. The van der Waals surface area contributed by atoms with Gasteiger partial charge in [-0.3, -0.25) is 10.1 Å². The summed E-state index contributed by atoms with van der Waals surface area (Å²) in [5.74, 6) is 0.411. The third kappa shape index (κ3) is 5.29. The Bertz CT molecular complexity index is 910. The Hall–Kier alpha value is -3.38. The summed E-state index contributed by atoms with van der Waals surface area (Å²) in [7, 11) is 1.58. The van der Waals surface area contributed by atoms with Crippen LogP contribution < -0.4 is 20.7 Å². The SMILES string of the molecule is COc1ccc(C(=O)NC(=S)Nc2ccc(Nc3ccccc3)cc2)cc1. The minimum atomic E-state index is -0.280. The van der Waals surface area contributed by atoms with Gasteiger partial charge in [0.25, 0.3) is 5.91 Å². The third-order valence-corrected chi connectivity index (χ3v) is 3.99. The number of benzene rings is 3. The molecular weight excluding hydrogens is 358 g/mol. The van der Waals surface area contributed by atoms with Crippen molar-refractivity contribution in [2.75, 3.05) is 17.7 Å². The van der Waals surface area contributed by atoms with Crippen LogP contribution in [0.25, 0.3) is 0 Å². The van der Waals surface area contributed by atoms with E-state index in [0.717, 1.165) is 17.1 Å². The first-order valence-electron chi connectivity index (χ1n) is 8.32. The summed E-state index contributed by atoms with van der Waals surface area (Å²) in [6.45, 7) is 0. The fourth-order valence-corrected chi connectivity index (χ4v) is 2.62. The van der Waals surface area contributed by atoms with Crippen LogP contribution in [0, 0.1) is 0 Å². The summed E-state index contributed by atoms with van der Waals surface area (Å²) in [5.41, 5.74) is 3.26. The largest absolute Gasteiger partial charge is 0.497 e. The van der Waals surface area contributed by atoms with E-state index in [1.807, 2.05) is 54.6 Å². The number of para-hydroxylation sites is 1. The van der Waals surface area contributed by atoms with Crippen LogP contribution in [0.3, 0.4) is 0 Å². The van der Waals surface area contributed by atoms with Gasteiger partial charge >= 0.3 is 0 Å². The van der Waals surface area contributed by atoms with Gasteiger partial charge in [0.15, 0.2) is 5.11 Å². The van der Waals surface area contributed by atoms with Gasteiger partial charge in [-0.05, 0) is 72.9 Å². The first kappa shape index (κ1) is 18.4. The van der Waals surface area contributed by atoms with Crippen molar-refractivity contribution in [2.45, 2.75) is 0 Å². The molecule has 27 heavy (non-hydrogen) atoms. The maximum Gasteiger partial charge on any atom is 0.257 e. The highest BCUT2D eigenvalue weighted by atomic mass is 32.1. The monoisotopic (exact) mass is 377 g/mol. The van der Waals surface area contributed by atoms with E-state index in [4.69, 9.17) is 17.0 Å². The minimum absolute atomic E-state index is 0.236. The highest BCUT2D eigenvalue weighted by Crippen LogP contribution is 2.18. The van der Waals surface area contributed by atoms with Gasteiger partial charge in [-0.25, -0.2) is 0 Å². The van der Waals surface area contributed by atoms with Gasteiger partial charge in [-0.15, -0.1) is 0 Å². The van der Waals surface area contributed by atoms with Crippen LogP contribution in [-0.4, -0.2) is 18.1 Å². The lowest BCUT2D eigenvalue weighted by Crippen LogP contribution is -2.34. The first-order valence-corrected chi connectivity index (χ1v) is 8.73. The predicted octanol–water partition coefficient (Wildman–Crippen LogP) is 4.57. The zero-order chi connectivity index (χ0) is 19.1. The number of thiocarbonyl (C=S) groups is 1. The number of ether oxygens (including phenoxy) is 1. The quantitative estimate of drug-likeness (QED) is 0.569. The highest BCUT2D eigenvalue weighted by molar-refractivity contribution is 7.80. The molecule has 3 rings (SSSR count). The summed E-state index contributed by atoms with van der Waals surface area (Å²) in [6.07, 6.45) is 0. The van der Waals surface area contributed by atoms with Crippen LogP contribution >= 0.6 is 12.2 Å². The lowest BCUT2D eigenvalue weighted by atomic mass is 10.2. The van der Waals surface area contributed by atoms with Crippen molar-refractivity contribution in [2.24, 2.45) is 0 Å². The smallest absolute Gasteiger partial charge is 0.257 e. The Morgan fingerprint density at radius 2 is 1.41 bits per heavy atom. The van der Waals surface area contributed by atoms with E-state index >= 15 is 0 Å². The molecule has 136 valence electrons. The maximum absolute atomic E-state index is 12.2. The van der Waals surface area contributed by atoms with Crippen LogP contribution in [0.15, 0.2) is 78.9 Å². The van der Waals surface area contributed by atoms with Crippen molar-refractivity contribution in [3.05, 3.63) is 84.4 Å². The van der Waals surface area contributed by atoms with Gasteiger partial charge in [0.2, 0.25) is 0 Å². The molecule has 0 fully saturated rings. The van der Waals surface area contributed by atoms with Crippen molar-refractivity contribution in [1.82, 2.24) is 5.32 Å². The fraction of sp³-hybridized carbons (Fsp3) is 0.0476. The van der Waals surface area contributed by atoms with Crippen molar-refractivity contribution < 1.29 is 9.53 Å². The molecule has 0 aliphatic heterocycles. The normalized spacial score (nSPS) is 9.96. The molecule has 0 radical (unpaired) electrons. The number of carbonyl (C=O) groups is 1. The van der Waals surface area contributed by atoms with Crippen LogP contribution in [0.5, 0.6) is 5.75 Å². The highest BCUT2D eigenvalue weighted by Gasteiger charge is 2.08. The maximum atomic E-state index is 12.2. The minimum Gasteiger partial charge on any atom is -0.497 e. The first-order chi connectivity index (χ1) is 13.1. The molecular formula is C21H19N3O2S. The van der Waals surface area contributed by atoms with Crippen LogP contribution in [0.2, 0.25) is 0 Å². The van der Waals surface area contributed by atoms with Gasteiger partial charge in [0, 0.05) is 22.6 Å². The zero-order valence-electron chi connectivity index (χ0n) is 14.7. The summed E-state index contributed by atoms with van der Waals surface area (Å²) >= 11 is 5.22. The number of anilines is 3. The van der Waals surface area contributed by atoms with Gasteiger partial charge in [0.1, 0.15) is 5.75 Å². The molecule has 3 aromatic carbocycles. The van der Waals surface area contributed by atoms with Gasteiger partial charge in [-0.1, -0.05) is 18.2 Å². The summed E-state index contributed by atoms with van der Waals surface area (Å²) < 4.78 is 5.08. The molecule has 0 unspecified atom stereocenters. The summed E-state index contributed by atoms with van der Waals surface area (Å²) in [5, 5.41) is 9.21. The molecule has 0 atom stereocenters. The fourth-order valence-electron chi connectivity index (χ4n) is 2.41. The van der Waals surface area contributed by atoms with E-state index in [2.05, 4.69) is 16.0 Å². The average Bonchev–Trinajstić information content (AvgIpc) is 2.70. The number of hydrogen-bond donors (Lipinski definition) is 3. The lowest BCUT2D eigenvalue weighted by Gasteiger charge is -2.11. The van der Waals surface area contributed by atoms with Crippen molar-refractivity contribution in [3.8, 4) is 5.75 Å². The molecule has 3 aromatic rings. The second-order valence-electron chi connectivity index (χ2n) is 5.71. The second kappa shape index (κ2) is 8.82. The third-order valence-electron chi connectivity index (χ3n) is 3.78. The number of nitrogens with one attached hydrogen (secondary N) is 3. The number of rotatable bonds is 5. The van der Waals surface area contributed by atoms with Crippen molar-refractivity contribution >= 4 is 40.3 Å². The van der Waals surface area contributed by atoms with Crippen molar-refractivity contribution in [1.29, 1.82) is 0 Å². The Kier molecular flexibility index (Phi) is 6.02. The van der Waals surface area contributed by atoms with Crippen molar-refractivity contribution in [3.63, 3.8) is 0 Å². The summed E-state index contributed by atoms with van der Waals surface area (Å²) in [4.78, 5) is 12.2. The van der Waals surface area contributed by atoms with Crippen LogP contribution in [0.1, 0.15) is 10.4 Å².